The number of nitrogens with one attached hydrogen (secondary N) is 1. The Morgan fingerprint density at radius 1 is 1.35 bits per heavy atom. The van der Waals surface area contributed by atoms with Crippen LogP contribution < -0.4 is 10.1 Å². The number of hydrogen-bond acceptors (Lipinski definition) is 3. The van der Waals surface area contributed by atoms with Gasteiger partial charge in [0, 0.05) is 32.0 Å². The van der Waals surface area contributed by atoms with Crippen LogP contribution in [0.2, 0.25) is 0 Å². The number of benzene rings is 1. The summed E-state index contributed by atoms with van der Waals surface area (Å²) < 4.78 is 5.22. The molecule has 108 valence electrons. The number of carbonyl (C=O) groups is 1. The summed E-state index contributed by atoms with van der Waals surface area (Å²) in [5, 5.41) is 3.60. The van der Waals surface area contributed by atoms with E-state index in [4.69, 9.17) is 4.74 Å². The van der Waals surface area contributed by atoms with Crippen LogP contribution in [0.1, 0.15) is 31.2 Å². The summed E-state index contributed by atoms with van der Waals surface area (Å²) in [6, 6.07) is 9.00. The zero-order valence-corrected chi connectivity index (χ0v) is 12.1. The maximum atomic E-state index is 11.9. The molecule has 0 aliphatic carbocycles. The first kappa shape index (κ1) is 13.4. The zero-order chi connectivity index (χ0) is 14.1. The second-order valence-corrected chi connectivity index (χ2v) is 5.74. The van der Waals surface area contributed by atoms with Crippen LogP contribution in [0.3, 0.4) is 0 Å². The molecule has 2 fully saturated rings. The summed E-state index contributed by atoms with van der Waals surface area (Å²) in [5.41, 5.74) is 1.29. The van der Waals surface area contributed by atoms with E-state index in [0.29, 0.717) is 18.0 Å². The standard InChI is InChI=1S/C16H22N2O2/c1-11(19)18-9-3-4-15-16(18)14(10-17-15)12-5-7-13(20-2)8-6-12/h5-8,14-17H,3-4,9-10H2,1-2H3/t14-,15+,16-/m0/s1. The van der Waals surface area contributed by atoms with Crippen molar-refractivity contribution < 1.29 is 9.53 Å². The van der Waals surface area contributed by atoms with Crippen LogP contribution in [0.4, 0.5) is 0 Å². The first-order chi connectivity index (χ1) is 9.70. The molecule has 0 radical (unpaired) electrons. The highest BCUT2D eigenvalue weighted by atomic mass is 16.5. The second kappa shape index (κ2) is 5.44. The Balaban J connectivity index is 1.86. The molecule has 1 N–H and O–H groups in total. The molecule has 20 heavy (non-hydrogen) atoms. The van der Waals surface area contributed by atoms with E-state index >= 15 is 0 Å². The van der Waals surface area contributed by atoms with Crippen LogP contribution >= 0.6 is 0 Å². The Kier molecular flexibility index (Phi) is 3.66. The Labute approximate surface area is 120 Å². The van der Waals surface area contributed by atoms with Gasteiger partial charge in [0.1, 0.15) is 5.75 Å². The molecule has 2 saturated heterocycles. The predicted octanol–water partition coefficient (Wildman–Crippen LogP) is 1.76. The number of fused-ring (bicyclic) bond motifs is 1. The average molecular weight is 274 g/mol. The van der Waals surface area contributed by atoms with E-state index in [9.17, 15) is 4.79 Å². The molecular formula is C16H22N2O2. The maximum Gasteiger partial charge on any atom is 0.219 e. The van der Waals surface area contributed by atoms with Gasteiger partial charge in [-0.05, 0) is 30.5 Å². The van der Waals surface area contributed by atoms with Crippen molar-refractivity contribution in [3.8, 4) is 5.75 Å². The molecule has 3 atom stereocenters. The molecular weight excluding hydrogens is 252 g/mol. The van der Waals surface area contributed by atoms with Crippen LogP contribution in [-0.2, 0) is 4.79 Å². The number of methoxy groups -OCH3 is 1. The molecule has 1 amide bonds. The molecule has 0 spiro atoms. The number of piperidine rings is 1. The third kappa shape index (κ3) is 2.29. The lowest BCUT2D eigenvalue weighted by Gasteiger charge is -2.39. The monoisotopic (exact) mass is 274 g/mol. The Morgan fingerprint density at radius 3 is 2.75 bits per heavy atom. The molecule has 0 unspecified atom stereocenters. The van der Waals surface area contributed by atoms with Crippen molar-refractivity contribution in [2.24, 2.45) is 0 Å². The summed E-state index contributed by atoms with van der Waals surface area (Å²) in [6.45, 7) is 3.53. The summed E-state index contributed by atoms with van der Waals surface area (Å²) in [6.07, 6.45) is 2.27. The van der Waals surface area contributed by atoms with E-state index in [1.165, 1.54) is 12.0 Å². The first-order valence-electron chi connectivity index (χ1n) is 7.35. The van der Waals surface area contributed by atoms with Gasteiger partial charge in [-0.25, -0.2) is 0 Å². The summed E-state index contributed by atoms with van der Waals surface area (Å²) in [5.74, 6) is 1.46. The van der Waals surface area contributed by atoms with Crippen molar-refractivity contribution in [2.75, 3.05) is 20.2 Å². The smallest absolute Gasteiger partial charge is 0.219 e. The molecule has 1 aromatic rings. The minimum Gasteiger partial charge on any atom is -0.497 e. The van der Waals surface area contributed by atoms with E-state index in [1.807, 2.05) is 12.1 Å². The van der Waals surface area contributed by atoms with Gasteiger partial charge < -0.3 is 15.0 Å². The molecule has 0 saturated carbocycles. The molecule has 0 aromatic heterocycles. The first-order valence-corrected chi connectivity index (χ1v) is 7.35. The van der Waals surface area contributed by atoms with Crippen molar-refractivity contribution in [2.45, 2.75) is 37.8 Å². The Bertz CT molecular complexity index is 486. The number of likely N-dealkylation sites (tertiary alicyclic amines) is 1. The lowest BCUT2D eigenvalue weighted by molar-refractivity contribution is -0.132. The largest absolute Gasteiger partial charge is 0.497 e. The van der Waals surface area contributed by atoms with Gasteiger partial charge in [-0.3, -0.25) is 4.79 Å². The average Bonchev–Trinajstić information content (AvgIpc) is 2.91. The molecule has 1 aromatic carbocycles. The fourth-order valence-electron chi connectivity index (χ4n) is 3.67. The highest BCUT2D eigenvalue weighted by molar-refractivity contribution is 5.74. The quantitative estimate of drug-likeness (QED) is 0.893. The minimum atomic E-state index is 0.196. The van der Waals surface area contributed by atoms with Gasteiger partial charge in [-0.15, -0.1) is 0 Å². The number of rotatable bonds is 2. The van der Waals surface area contributed by atoms with E-state index in [2.05, 4.69) is 22.3 Å². The van der Waals surface area contributed by atoms with Crippen LogP contribution in [0.25, 0.3) is 0 Å². The third-order valence-corrected chi connectivity index (χ3v) is 4.65. The Hall–Kier alpha value is -1.55. The van der Waals surface area contributed by atoms with Crippen molar-refractivity contribution in [3.05, 3.63) is 29.8 Å². The number of ether oxygens (including phenoxy) is 1. The molecule has 2 heterocycles. The second-order valence-electron chi connectivity index (χ2n) is 5.74. The van der Waals surface area contributed by atoms with E-state index in [0.717, 1.165) is 25.3 Å². The molecule has 4 nitrogen and oxygen atoms in total. The van der Waals surface area contributed by atoms with Gasteiger partial charge in [0.15, 0.2) is 0 Å². The molecule has 0 bridgehead atoms. The highest BCUT2D eigenvalue weighted by Crippen LogP contribution is 2.35. The summed E-state index contributed by atoms with van der Waals surface area (Å²) >= 11 is 0. The van der Waals surface area contributed by atoms with E-state index < -0.39 is 0 Å². The predicted molar refractivity (Wildman–Crippen MR) is 77.9 cm³/mol. The summed E-state index contributed by atoms with van der Waals surface area (Å²) in [4.78, 5) is 14.0. The number of carbonyl (C=O) groups excluding carboxylic acids is 1. The molecule has 4 heteroatoms. The normalized spacial score (nSPS) is 29.1. The molecule has 2 aliphatic rings. The van der Waals surface area contributed by atoms with Crippen LogP contribution in [-0.4, -0.2) is 43.1 Å². The van der Waals surface area contributed by atoms with Crippen LogP contribution in [0, 0.1) is 0 Å². The zero-order valence-electron chi connectivity index (χ0n) is 12.1. The van der Waals surface area contributed by atoms with E-state index in [-0.39, 0.29) is 5.91 Å². The van der Waals surface area contributed by atoms with Crippen LogP contribution in [0.15, 0.2) is 24.3 Å². The molecule has 3 rings (SSSR count). The van der Waals surface area contributed by atoms with E-state index in [1.54, 1.807) is 14.0 Å². The molecule has 2 aliphatic heterocycles. The van der Waals surface area contributed by atoms with Gasteiger partial charge in [0.25, 0.3) is 0 Å². The maximum absolute atomic E-state index is 11.9. The van der Waals surface area contributed by atoms with Gasteiger partial charge in [-0.1, -0.05) is 12.1 Å². The summed E-state index contributed by atoms with van der Waals surface area (Å²) in [7, 11) is 1.68. The van der Waals surface area contributed by atoms with Crippen molar-refractivity contribution in [1.29, 1.82) is 0 Å². The lowest BCUT2D eigenvalue weighted by atomic mass is 9.86. The number of nitrogens with zero attached hydrogens (tertiary/aromatic N) is 1. The highest BCUT2D eigenvalue weighted by Gasteiger charge is 2.43. The Morgan fingerprint density at radius 2 is 2.10 bits per heavy atom. The van der Waals surface area contributed by atoms with Crippen LogP contribution in [0.5, 0.6) is 5.75 Å². The van der Waals surface area contributed by atoms with Crippen molar-refractivity contribution in [3.63, 3.8) is 0 Å². The topological polar surface area (TPSA) is 41.6 Å². The SMILES string of the molecule is COc1ccc([C@@H]2CN[C@@H]3CCCN(C(C)=O)[C@H]32)cc1. The van der Waals surface area contributed by atoms with Gasteiger partial charge >= 0.3 is 0 Å². The fraction of sp³-hybridized carbons (Fsp3) is 0.562. The number of amides is 1. The number of hydrogen-bond donors (Lipinski definition) is 1. The van der Waals surface area contributed by atoms with Crippen molar-refractivity contribution >= 4 is 5.91 Å². The minimum absolute atomic E-state index is 0.196. The van der Waals surface area contributed by atoms with Gasteiger partial charge in [0.05, 0.1) is 13.2 Å². The fourth-order valence-corrected chi connectivity index (χ4v) is 3.67. The van der Waals surface area contributed by atoms with Gasteiger partial charge in [-0.2, -0.15) is 0 Å². The van der Waals surface area contributed by atoms with Crippen molar-refractivity contribution in [1.82, 2.24) is 10.2 Å². The van der Waals surface area contributed by atoms with Gasteiger partial charge in [0.2, 0.25) is 5.91 Å². The third-order valence-electron chi connectivity index (χ3n) is 4.65. The lowest BCUT2D eigenvalue weighted by Crippen LogP contribution is -2.52.